The van der Waals surface area contributed by atoms with E-state index in [1.165, 1.54) is 5.56 Å². The van der Waals surface area contributed by atoms with Gasteiger partial charge in [-0.3, -0.25) is 0 Å². The van der Waals surface area contributed by atoms with Gasteiger partial charge in [-0.05, 0) is 17.0 Å². The second-order valence-electron chi connectivity index (χ2n) is 1.89. The molecule has 0 aliphatic rings. The highest BCUT2D eigenvalue weighted by Crippen LogP contribution is 2.10. The molecular weight excluding hydrogens is 140 g/mol. The van der Waals surface area contributed by atoms with Crippen LogP contribution in [0.25, 0.3) is 0 Å². The Morgan fingerprint density at radius 3 is 2.80 bits per heavy atom. The molecule has 0 nitrogen and oxygen atoms in total. The quantitative estimate of drug-likeness (QED) is 0.636. The zero-order chi connectivity index (χ0) is 7.23. The molecular formula is C9H9S. The van der Waals surface area contributed by atoms with Crippen molar-refractivity contribution >= 4 is 11.8 Å². The van der Waals surface area contributed by atoms with Gasteiger partial charge in [0.15, 0.2) is 0 Å². The van der Waals surface area contributed by atoms with Crippen molar-refractivity contribution in [2.75, 3.05) is 0 Å². The SMILES string of the molecule is C=CSCc1cc[c]cc1. The Bertz CT molecular complexity index is 191. The van der Waals surface area contributed by atoms with Crippen molar-refractivity contribution in [1.29, 1.82) is 0 Å². The van der Waals surface area contributed by atoms with Gasteiger partial charge in [-0.15, -0.1) is 11.8 Å². The third-order valence-corrected chi connectivity index (χ3v) is 1.89. The Labute approximate surface area is 66.0 Å². The normalized spacial score (nSPS) is 9.20. The molecule has 0 unspecified atom stereocenters. The van der Waals surface area contributed by atoms with Crippen LogP contribution in [0.1, 0.15) is 5.56 Å². The average Bonchev–Trinajstić information content (AvgIpc) is 2.03. The molecule has 1 aromatic carbocycles. The van der Waals surface area contributed by atoms with Crippen LogP contribution in [0.15, 0.2) is 36.3 Å². The van der Waals surface area contributed by atoms with Crippen molar-refractivity contribution in [2.24, 2.45) is 0 Å². The van der Waals surface area contributed by atoms with E-state index in [1.54, 1.807) is 11.8 Å². The minimum Gasteiger partial charge on any atom is -0.130 e. The molecule has 1 radical (unpaired) electrons. The Balaban J connectivity index is 2.50. The number of rotatable bonds is 3. The highest BCUT2D eigenvalue weighted by molar-refractivity contribution is 8.01. The summed E-state index contributed by atoms with van der Waals surface area (Å²) in [7, 11) is 0. The van der Waals surface area contributed by atoms with E-state index in [2.05, 4.69) is 24.8 Å². The molecule has 0 bridgehead atoms. The van der Waals surface area contributed by atoms with E-state index in [-0.39, 0.29) is 0 Å². The summed E-state index contributed by atoms with van der Waals surface area (Å²) in [6.45, 7) is 3.63. The molecule has 0 aliphatic heterocycles. The first-order valence-corrected chi connectivity index (χ1v) is 4.16. The minimum absolute atomic E-state index is 1.01. The van der Waals surface area contributed by atoms with E-state index >= 15 is 0 Å². The van der Waals surface area contributed by atoms with Gasteiger partial charge in [0.1, 0.15) is 0 Å². The summed E-state index contributed by atoms with van der Waals surface area (Å²) in [5.41, 5.74) is 1.32. The fourth-order valence-electron chi connectivity index (χ4n) is 0.673. The molecule has 0 atom stereocenters. The zero-order valence-electron chi connectivity index (χ0n) is 5.71. The third kappa shape index (κ3) is 2.28. The summed E-state index contributed by atoms with van der Waals surface area (Å²) in [5.74, 6) is 1.01. The lowest BCUT2D eigenvalue weighted by molar-refractivity contribution is 1.42. The molecule has 0 saturated heterocycles. The monoisotopic (exact) mass is 149 g/mol. The summed E-state index contributed by atoms with van der Waals surface area (Å²) < 4.78 is 0. The summed E-state index contributed by atoms with van der Waals surface area (Å²) in [6, 6.07) is 11.0. The van der Waals surface area contributed by atoms with Gasteiger partial charge in [-0.2, -0.15) is 0 Å². The largest absolute Gasteiger partial charge is 0.130 e. The van der Waals surface area contributed by atoms with Crippen LogP contribution < -0.4 is 0 Å². The van der Waals surface area contributed by atoms with E-state index in [4.69, 9.17) is 0 Å². The van der Waals surface area contributed by atoms with Gasteiger partial charge in [-0.25, -0.2) is 0 Å². The maximum Gasteiger partial charge on any atom is 0.0225 e. The van der Waals surface area contributed by atoms with Crippen molar-refractivity contribution in [3.63, 3.8) is 0 Å². The van der Waals surface area contributed by atoms with Crippen LogP contribution in [0.2, 0.25) is 0 Å². The number of hydrogen-bond acceptors (Lipinski definition) is 1. The molecule has 0 N–H and O–H groups in total. The fourth-order valence-corrected chi connectivity index (χ4v) is 1.18. The Morgan fingerprint density at radius 1 is 1.50 bits per heavy atom. The van der Waals surface area contributed by atoms with Gasteiger partial charge in [0.2, 0.25) is 0 Å². The molecule has 1 aromatic rings. The number of hydrogen-bond donors (Lipinski definition) is 0. The van der Waals surface area contributed by atoms with Crippen LogP contribution in [-0.2, 0) is 5.75 Å². The molecule has 0 spiro atoms. The third-order valence-electron chi connectivity index (χ3n) is 1.16. The van der Waals surface area contributed by atoms with E-state index in [0.717, 1.165) is 5.75 Å². The first kappa shape index (κ1) is 7.42. The van der Waals surface area contributed by atoms with Crippen LogP contribution in [-0.4, -0.2) is 0 Å². The maximum absolute atomic E-state index is 3.63. The summed E-state index contributed by atoms with van der Waals surface area (Å²) in [4.78, 5) is 0. The molecule has 0 aromatic heterocycles. The Kier molecular flexibility index (Phi) is 3.10. The smallest absolute Gasteiger partial charge is 0.0225 e. The van der Waals surface area contributed by atoms with E-state index in [9.17, 15) is 0 Å². The van der Waals surface area contributed by atoms with Crippen LogP contribution in [0, 0.1) is 6.07 Å². The molecule has 51 valence electrons. The van der Waals surface area contributed by atoms with Gasteiger partial charge < -0.3 is 0 Å². The van der Waals surface area contributed by atoms with Crippen molar-refractivity contribution in [3.8, 4) is 0 Å². The summed E-state index contributed by atoms with van der Waals surface area (Å²) in [5, 5.41) is 1.86. The lowest BCUT2D eigenvalue weighted by atomic mass is 10.2. The first-order chi connectivity index (χ1) is 4.93. The van der Waals surface area contributed by atoms with Crippen molar-refractivity contribution < 1.29 is 0 Å². The molecule has 0 heterocycles. The highest BCUT2D eigenvalue weighted by Gasteiger charge is 1.86. The van der Waals surface area contributed by atoms with Crippen LogP contribution in [0.5, 0.6) is 0 Å². The van der Waals surface area contributed by atoms with Gasteiger partial charge in [0.05, 0.1) is 0 Å². The highest BCUT2D eigenvalue weighted by atomic mass is 32.2. The van der Waals surface area contributed by atoms with Gasteiger partial charge in [0.25, 0.3) is 0 Å². The van der Waals surface area contributed by atoms with Crippen molar-refractivity contribution in [2.45, 2.75) is 5.75 Å². The van der Waals surface area contributed by atoms with Crippen molar-refractivity contribution in [1.82, 2.24) is 0 Å². The predicted octanol–water partition coefficient (Wildman–Crippen LogP) is 2.86. The van der Waals surface area contributed by atoms with Crippen LogP contribution >= 0.6 is 11.8 Å². The van der Waals surface area contributed by atoms with E-state index in [0.29, 0.717) is 0 Å². The fraction of sp³-hybridized carbons (Fsp3) is 0.111. The van der Waals surface area contributed by atoms with Crippen LogP contribution in [0.4, 0.5) is 0 Å². The molecule has 0 amide bonds. The Morgan fingerprint density at radius 2 is 2.20 bits per heavy atom. The van der Waals surface area contributed by atoms with Crippen LogP contribution in [0.3, 0.4) is 0 Å². The second kappa shape index (κ2) is 4.18. The van der Waals surface area contributed by atoms with Gasteiger partial charge in [-0.1, -0.05) is 30.8 Å². The lowest BCUT2D eigenvalue weighted by Crippen LogP contribution is -1.74. The number of benzene rings is 1. The minimum atomic E-state index is 1.01. The van der Waals surface area contributed by atoms with Gasteiger partial charge in [0, 0.05) is 5.75 Å². The molecule has 10 heavy (non-hydrogen) atoms. The standard InChI is InChI=1S/C9H9S/c1-2-10-8-9-6-4-3-5-7-9/h2,4-7H,1,8H2. The second-order valence-corrected chi connectivity index (χ2v) is 2.84. The summed E-state index contributed by atoms with van der Waals surface area (Å²) in [6.07, 6.45) is 0. The lowest BCUT2D eigenvalue weighted by Gasteiger charge is -1.94. The first-order valence-electron chi connectivity index (χ1n) is 3.11. The zero-order valence-corrected chi connectivity index (χ0v) is 6.53. The van der Waals surface area contributed by atoms with Crippen molar-refractivity contribution in [3.05, 3.63) is 47.9 Å². The molecule has 0 saturated carbocycles. The number of thioether (sulfide) groups is 1. The molecule has 0 fully saturated rings. The molecule has 1 heteroatoms. The molecule has 1 rings (SSSR count). The Hall–Kier alpha value is -0.690. The van der Waals surface area contributed by atoms with E-state index in [1.807, 2.05) is 17.5 Å². The maximum atomic E-state index is 3.63. The molecule has 0 aliphatic carbocycles. The topological polar surface area (TPSA) is 0 Å². The summed E-state index contributed by atoms with van der Waals surface area (Å²) >= 11 is 1.71. The van der Waals surface area contributed by atoms with Gasteiger partial charge >= 0.3 is 0 Å². The predicted molar refractivity (Wildman–Crippen MR) is 46.8 cm³/mol. The average molecular weight is 149 g/mol. The van der Waals surface area contributed by atoms with E-state index < -0.39 is 0 Å².